The quantitative estimate of drug-likeness (QED) is 0.562. The van der Waals surface area contributed by atoms with Gasteiger partial charge in [-0.25, -0.2) is 0 Å². The maximum atomic E-state index is 9.31. The van der Waals surface area contributed by atoms with Crippen LogP contribution in [-0.4, -0.2) is 60.5 Å². The maximum Gasteiger partial charge on any atom is 0.0897 e. The van der Waals surface area contributed by atoms with Crippen molar-refractivity contribution in [3.05, 3.63) is 0 Å². The van der Waals surface area contributed by atoms with Crippen molar-refractivity contribution in [2.45, 2.75) is 25.5 Å². The average molecular weight is 202 g/mol. The minimum Gasteiger partial charge on any atom is -0.394 e. The van der Waals surface area contributed by atoms with E-state index in [4.69, 9.17) is 5.11 Å². The Hall–Kier alpha value is -0.160. The fourth-order valence-corrected chi connectivity index (χ4v) is 2.18. The van der Waals surface area contributed by atoms with Crippen molar-refractivity contribution in [2.75, 3.05) is 33.3 Å². The molecule has 0 aliphatic carbocycles. The number of β-amino-alcohol motifs (C(OH)–C–C–N with tert-alkyl or cyclic N) is 1. The van der Waals surface area contributed by atoms with Gasteiger partial charge in [0.2, 0.25) is 0 Å². The first-order valence-corrected chi connectivity index (χ1v) is 5.36. The number of hydrogen-bond acceptors (Lipinski definition) is 4. The summed E-state index contributed by atoms with van der Waals surface area (Å²) >= 11 is 0. The van der Waals surface area contributed by atoms with Crippen LogP contribution in [0.5, 0.6) is 0 Å². The van der Waals surface area contributed by atoms with E-state index in [1.165, 1.54) is 0 Å². The summed E-state index contributed by atoms with van der Waals surface area (Å²) in [5.74, 6) is 0.611. The molecule has 0 amide bonds. The van der Waals surface area contributed by atoms with Gasteiger partial charge in [-0.3, -0.25) is 0 Å². The molecule has 0 aromatic carbocycles. The summed E-state index contributed by atoms with van der Waals surface area (Å²) in [6.07, 6.45) is 0.531. The van der Waals surface area contributed by atoms with E-state index >= 15 is 0 Å². The van der Waals surface area contributed by atoms with Crippen LogP contribution in [0.2, 0.25) is 0 Å². The molecule has 1 aliphatic rings. The molecule has 0 radical (unpaired) electrons. The second-order valence-corrected chi connectivity index (χ2v) is 4.26. The summed E-state index contributed by atoms with van der Waals surface area (Å²) in [6, 6.07) is 0.595. The third kappa shape index (κ3) is 3.20. The van der Waals surface area contributed by atoms with Gasteiger partial charge in [-0.05, 0) is 25.9 Å². The molecule has 4 nitrogen and oxygen atoms in total. The van der Waals surface area contributed by atoms with Gasteiger partial charge in [-0.1, -0.05) is 6.92 Å². The van der Waals surface area contributed by atoms with E-state index in [1.54, 1.807) is 0 Å². The third-order valence-corrected chi connectivity index (χ3v) is 3.04. The molecule has 1 heterocycles. The minimum absolute atomic E-state index is 0.139. The molecule has 84 valence electrons. The molecular formula is C10H22N2O2. The molecule has 1 fully saturated rings. The van der Waals surface area contributed by atoms with E-state index in [9.17, 15) is 5.11 Å². The molecule has 14 heavy (non-hydrogen) atoms. The van der Waals surface area contributed by atoms with Crippen LogP contribution >= 0.6 is 0 Å². The number of aliphatic hydroxyl groups excluding tert-OH is 2. The SMILES string of the molecule is CNC1CCN(CC(O)CO)CC1C. The van der Waals surface area contributed by atoms with Gasteiger partial charge in [0.15, 0.2) is 0 Å². The number of hydrogen-bond donors (Lipinski definition) is 3. The number of aliphatic hydroxyl groups is 2. The Morgan fingerprint density at radius 3 is 2.79 bits per heavy atom. The molecule has 4 heteroatoms. The lowest BCUT2D eigenvalue weighted by atomic mass is 9.94. The lowest BCUT2D eigenvalue weighted by molar-refractivity contribution is 0.0407. The molecule has 3 N–H and O–H groups in total. The number of nitrogens with zero attached hydrogens (tertiary/aromatic N) is 1. The van der Waals surface area contributed by atoms with Gasteiger partial charge >= 0.3 is 0 Å². The second-order valence-electron chi connectivity index (χ2n) is 4.26. The molecule has 0 spiro atoms. The van der Waals surface area contributed by atoms with Gasteiger partial charge in [-0.2, -0.15) is 0 Å². The first-order chi connectivity index (χ1) is 6.67. The zero-order chi connectivity index (χ0) is 10.6. The molecule has 0 bridgehead atoms. The van der Waals surface area contributed by atoms with Crippen LogP contribution in [-0.2, 0) is 0 Å². The van der Waals surface area contributed by atoms with Crippen LogP contribution in [0.25, 0.3) is 0 Å². The summed E-state index contributed by atoms with van der Waals surface area (Å²) in [5, 5.41) is 21.4. The number of likely N-dealkylation sites (tertiary alicyclic amines) is 1. The fourth-order valence-electron chi connectivity index (χ4n) is 2.18. The normalized spacial score (nSPS) is 31.7. The third-order valence-electron chi connectivity index (χ3n) is 3.04. The van der Waals surface area contributed by atoms with Crippen molar-refractivity contribution in [3.63, 3.8) is 0 Å². The van der Waals surface area contributed by atoms with E-state index in [2.05, 4.69) is 17.1 Å². The zero-order valence-electron chi connectivity index (χ0n) is 9.11. The largest absolute Gasteiger partial charge is 0.394 e. The van der Waals surface area contributed by atoms with Crippen molar-refractivity contribution in [3.8, 4) is 0 Å². The topological polar surface area (TPSA) is 55.7 Å². The zero-order valence-corrected chi connectivity index (χ0v) is 9.11. The first kappa shape index (κ1) is 11.9. The Kier molecular flexibility index (Phi) is 4.81. The molecule has 1 rings (SSSR count). The average Bonchev–Trinajstić information content (AvgIpc) is 2.18. The van der Waals surface area contributed by atoms with Crippen molar-refractivity contribution in [2.24, 2.45) is 5.92 Å². The summed E-state index contributed by atoms with van der Waals surface area (Å²) in [6.45, 7) is 4.69. The first-order valence-electron chi connectivity index (χ1n) is 5.36. The molecule has 1 aliphatic heterocycles. The van der Waals surface area contributed by atoms with Gasteiger partial charge in [0.1, 0.15) is 0 Å². The Bertz CT molecular complexity index is 166. The predicted molar refractivity (Wildman–Crippen MR) is 56.2 cm³/mol. The Labute approximate surface area is 85.9 Å². The molecule has 0 aromatic heterocycles. The second kappa shape index (κ2) is 5.66. The van der Waals surface area contributed by atoms with E-state index in [1.807, 2.05) is 7.05 Å². The Balaban J connectivity index is 2.31. The smallest absolute Gasteiger partial charge is 0.0897 e. The van der Waals surface area contributed by atoms with Gasteiger partial charge in [0.05, 0.1) is 12.7 Å². The van der Waals surface area contributed by atoms with E-state index in [-0.39, 0.29) is 6.61 Å². The van der Waals surface area contributed by atoms with Gasteiger partial charge in [0.25, 0.3) is 0 Å². The molecular weight excluding hydrogens is 180 g/mol. The number of rotatable bonds is 4. The lowest BCUT2D eigenvalue weighted by Gasteiger charge is -2.37. The van der Waals surface area contributed by atoms with Gasteiger partial charge in [0, 0.05) is 19.1 Å². The molecule has 0 aromatic rings. The van der Waals surface area contributed by atoms with E-state index in [0.29, 0.717) is 18.5 Å². The molecule has 0 saturated carbocycles. The van der Waals surface area contributed by atoms with Crippen LogP contribution < -0.4 is 5.32 Å². The molecule has 3 unspecified atom stereocenters. The highest BCUT2D eigenvalue weighted by atomic mass is 16.3. The summed E-state index contributed by atoms with van der Waals surface area (Å²) < 4.78 is 0. The van der Waals surface area contributed by atoms with Crippen molar-refractivity contribution in [1.82, 2.24) is 10.2 Å². The maximum absolute atomic E-state index is 9.31. The summed E-state index contributed by atoms with van der Waals surface area (Å²) in [7, 11) is 2.00. The van der Waals surface area contributed by atoms with Crippen molar-refractivity contribution < 1.29 is 10.2 Å². The molecule has 1 saturated heterocycles. The molecule has 3 atom stereocenters. The van der Waals surface area contributed by atoms with Gasteiger partial charge in [-0.15, -0.1) is 0 Å². The fraction of sp³-hybridized carbons (Fsp3) is 1.00. The lowest BCUT2D eigenvalue weighted by Crippen LogP contribution is -2.49. The van der Waals surface area contributed by atoms with Gasteiger partial charge < -0.3 is 20.4 Å². The highest BCUT2D eigenvalue weighted by molar-refractivity contribution is 4.82. The van der Waals surface area contributed by atoms with Crippen LogP contribution in [0.15, 0.2) is 0 Å². The number of nitrogens with one attached hydrogen (secondary N) is 1. The highest BCUT2D eigenvalue weighted by Gasteiger charge is 2.25. The van der Waals surface area contributed by atoms with Crippen LogP contribution in [0.3, 0.4) is 0 Å². The summed E-state index contributed by atoms with van der Waals surface area (Å²) in [4.78, 5) is 2.22. The minimum atomic E-state index is -0.590. The van der Waals surface area contributed by atoms with Crippen molar-refractivity contribution >= 4 is 0 Å². The number of piperidine rings is 1. The van der Waals surface area contributed by atoms with E-state index < -0.39 is 6.10 Å². The van der Waals surface area contributed by atoms with Crippen molar-refractivity contribution in [1.29, 1.82) is 0 Å². The highest BCUT2D eigenvalue weighted by Crippen LogP contribution is 2.16. The standard InChI is InChI=1S/C10H22N2O2/c1-8-5-12(6-9(14)7-13)4-3-10(8)11-2/h8-11,13-14H,3-7H2,1-2H3. The Morgan fingerprint density at radius 2 is 2.29 bits per heavy atom. The van der Waals surface area contributed by atoms with Crippen LogP contribution in [0, 0.1) is 5.92 Å². The Morgan fingerprint density at radius 1 is 1.57 bits per heavy atom. The summed E-state index contributed by atoms with van der Waals surface area (Å²) in [5.41, 5.74) is 0. The van der Waals surface area contributed by atoms with Crippen LogP contribution in [0.1, 0.15) is 13.3 Å². The van der Waals surface area contributed by atoms with E-state index in [0.717, 1.165) is 19.5 Å². The van der Waals surface area contributed by atoms with Crippen LogP contribution in [0.4, 0.5) is 0 Å². The predicted octanol–water partition coefficient (Wildman–Crippen LogP) is -0.731. The monoisotopic (exact) mass is 202 g/mol.